The van der Waals surface area contributed by atoms with E-state index in [0.29, 0.717) is 24.5 Å². The summed E-state index contributed by atoms with van der Waals surface area (Å²) in [6.45, 7) is 5.73. The summed E-state index contributed by atoms with van der Waals surface area (Å²) >= 11 is 0. The molecular formula is C29H39N3O5. The fraction of sp³-hybridized carbons (Fsp3) is 0.517. The first-order chi connectivity index (χ1) is 17.8. The monoisotopic (exact) mass is 509 g/mol. The van der Waals surface area contributed by atoms with Gasteiger partial charge in [0.05, 0.1) is 26.2 Å². The Morgan fingerprint density at radius 3 is 2.62 bits per heavy atom. The number of benzene rings is 2. The average Bonchev–Trinajstić information content (AvgIpc) is 3.73. The molecule has 0 bridgehead atoms. The molecule has 2 N–H and O–H groups in total. The lowest BCUT2D eigenvalue weighted by Gasteiger charge is -2.34. The molecule has 2 aromatic rings. The lowest BCUT2D eigenvalue weighted by atomic mass is 10.0. The highest BCUT2D eigenvalue weighted by Gasteiger charge is 2.32. The zero-order valence-corrected chi connectivity index (χ0v) is 22.3. The largest absolute Gasteiger partial charge is 0.497 e. The molecule has 2 aromatic carbocycles. The number of nitrogens with one attached hydrogen (secondary N) is 1. The Bertz CT molecular complexity index is 1090. The summed E-state index contributed by atoms with van der Waals surface area (Å²) in [7, 11) is 3.72. The van der Waals surface area contributed by atoms with Crippen LogP contribution in [0.5, 0.6) is 11.5 Å². The number of likely N-dealkylation sites (N-methyl/N-ethyl adjacent to an activating group) is 1. The molecular weight excluding hydrogens is 470 g/mol. The summed E-state index contributed by atoms with van der Waals surface area (Å²) in [6, 6.07) is 13.3. The number of carbonyl (C=O) groups excluding carboxylic acids is 2. The van der Waals surface area contributed by atoms with E-state index in [1.165, 1.54) is 5.56 Å². The van der Waals surface area contributed by atoms with Gasteiger partial charge in [-0.3, -0.25) is 14.5 Å². The van der Waals surface area contributed by atoms with Crippen molar-refractivity contribution >= 4 is 17.5 Å². The number of ether oxygens (including phenoxy) is 2. The normalized spacial score (nSPS) is 20.8. The van der Waals surface area contributed by atoms with Crippen LogP contribution in [0.15, 0.2) is 42.5 Å². The number of amides is 2. The number of rotatable bonds is 9. The minimum absolute atomic E-state index is 0.0245. The first-order valence-corrected chi connectivity index (χ1v) is 13.1. The van der Waals surface area contributed by atoms with Gasteiger partial charge in [0.25, 0.3) is 0 Å². The number of methoxy groups -OCH3 is 1. The zero-order chi connectivity index (χ0) is 26.5. The summed E-state index contributed by atoms with van der Waals surface area (Å²) in [5.41, 5.74) is 2.58. The Labute approximate surface area is 219 Å². The Morgan fingerprint density at radius 2 is 1.97 bits per heavy atom. The lowest BCUT2D eigenvalue weighted by Crippen LogP contribution is -2.47. The number of carbonyl (C=O) groups is 2. The second-order valence-corrected chi connectivity index (χ2v) is 10.5. The second kappa shape index (κ2) is 12.0. The third-order valence-corrected chi connectivity index (χ3v) is 7.24. The quantitative estimate of drug-likeness (QED) is 0.539. The molecule has 1 heterocycles. The van der Waals surface area contributed by atoms with Crippen molar-refractivity contribution in [2.75, 3.05) is 39.2 Å². The third-order valence-electron chi connectivity index (χ3n) is 7.24. The van der Waals surface area contributed by atoms with E-state index in [9.17, 15) is 14.7 Å². The van der Waals surface area contributed by atoms with Crippen molar-refractivity contribution in [1.82, 2.24) is 9.80 Å². The number of fused-ring (bicyclic) bond motifs is 1. The smallest absolute Gasteiger partial charge is 0.227 e. The van der Waals surface area contributed by atoms with Crippen molar-refractivity contribution in [3.8, 4) is 11.5 Å². The highest BCUT2D eigenvalue weighted by molar-refractivity contribution is 5.94. The molecule has 8 nitrogen and oxygen atoms in total. The number of hydrogen-bond acceptors (Lipinski definition) is 6. The van der Waals surface area contributed by atoms with E-state index in [1.807, 2.05) is 37.3 Å². The maximum atomic E-state index is 13.4. The SMILES string of the molecule is COc1ccc(CN(C)C[C@H]2Oc3ccc(NC(=O)C4CC4)cc3CC(=O)N([C@@H](C)CO)C[C@@H]2C)cc1. The first-order valence-electron chi connectivity index (χ1n) is 13.1. The van der Waals surface area contributed by atoms with Gasteiger partial charge in [-0.2, -0.15) is 0 Å². The highest BCUT2D eigenvalue weighted by Crippen LogP contribution is 2.32. The van der Waals surface area contributed by atoms with Crippen molar-refractivity contribution in [3.05, 3.63) is 53.6 Å². The van der Waals surface area contributed by atoms with Gasteiger partial charge in [0.1, 0.15) is 17.6 Å². The second-order valence-electron chi connectivity index (χ2n) is 10.5. The van der Waals surface area contributed by atoms with Gasteiger partial charge in [-0.05, 0) is 62.7 Å². The average molecular weight is 510 g/mol. The number of hydrogen-bond donors (Lipinski definition) is 2. The van der Waals surface area contributed by atoms with Crippen LogP contribution in [-0.2, 0) is 22.6 Å². The fourth-order valence-corrected chi connectivity index (χ4v) is 4.73. The summed E-state index contributed by atoms with van der Waals surface area (Å²) in [4.78, 5) is 29.6. The number of nitrogens with zero attached hydrogens (tertiary/aromatic N) is 2. The summed E-state index contributed by atoms with van der Waals surface area (Å²) in [6.07, 6.45) is 1.81. The van der Waals surface area contributed by atoms with E-state index in [4.69, 9.17) is 9.47 Å². The van der Waals surface area contributed by atoms with Gasteiger partial charge in [-0.1, -0.05) is 19.1 Å². The van der Waals surface area contributed by atoms with Crippen LogP contribution >= 0.6 is 0 Å². The van der Waals surface area contributed by atoms with Crippen LogP contribution in [0, 0.1) is 11.8 Å². The molecule has 2 aliphatic rings. The molecule has 200 valence electrons. The molecule has 1 aliphatic heterocycles. The van der Waals surface area contributed by atoms with Crippen molar-refractivity contribution < 1.29 is 24.2 Å². The Kier molecular flexibility index (Phi) is 8.71. The molecule has 0 unspecified atom stereocenters. The van der Waals surface area contributed by atoms with E-state index < -0.39 is 0 Å². The molecule has 4 rings (SSSR count). The van der Waals surface area contributed by atoms with Crippen LogP contribution in [-0.4, -0.2) is 72.7 Å². The standard InChI is InChI=1S/C29H39N3O5/c1-19-15-32(20(2)18-33)28(34)14-23-13-24(30-29(35)22-7-8-22)9-12-26(23)37-27(19)17-31(3)16-21-5-10-25(36-4)11-6-21/h5-6,9-13,19-20,22,27,33H,7-8,14-18H2,1-4H3,(H,30,35)/t19-,20-,27+/m0/s1. The number of aliphatic hydroxyl groups excluding tert-OH is 1. The Balaban J connectivity index is 1.56. The van der Waals surface area contributed by atoms with E-state index in [-0.39, 0.29) is 48.8 Å². The van der Waals surface area contributed by atoms with E-state index >= 15 is 0 Å². The van der Waals surface area contributed by atoms with Gasteiger partial charge in [0.15, 0.2) is 0 Å². The third kappa shape index (κ3) is 7.02. The topological polar surface area (TPSA) is 91.3 Å². The van der Waals surface area contributed by atoms with E-state index in [0.717, 1.165) is 30.7 Å². The molecule has 2 amide bonds. The molecule has 8 heteroatoms. The number of anilines is 1. The van der Waals surface area contributed by atoms with Gasteiger partial charge in [0, 0.05) is 42.7 Å². The number of aliphatic hydroxyl groups is 1. The van der Waals surface area contributed by atoms with Crippen molar-refractivity contribution in [1.29, 1.82) is 0 Å². The molecule has 3 atom stereocenters. The molecule has 1 saturated carbocycles. The molecule has 37 heavy (non-hydrogen) atoms. The minimum Gasteiger partial charge on any atom is -0.497 e. The molecule has 1 aliphatic carbocycles. The highest BCUT2D eigenvalue weighted by atomic mass is 16.5. The Morgan fingerprint density at radius 1 is 1.24 bits per heavy atom. The van der Waals surface area contributed by atoms with Gasteiger partial charge in [-0.25, -0.2) is 0 Å². The predicted octanol–water partition coefficient (Wildman–Crippen LogP) is 3.32. The van der Waals surface area contributed by atoms with Crippen LogP contribution in [0.2, 0.25) is 0 Å². The Hall–Kier alpha value is -3.10. The lowest BCUT2D eigenvalue weighted by molar-refractivity contribution is -0.134. The van der Waals surface area contributed by atoms with Crippen LogP contribution < -0.4 is 14.8 Å². The molecule has 0 saturated heterocycles. The first kappa shape index (κ1) is 26.9. The summed E-state index contributed by atoms with van der Waals surface area (Å²) in [5.74, 6) is 1.57. The molecule has 0 radical (unpaired) electrons. The van der Waals surface area contributed by atoms with Crippen LogP contribution in [0.25, 0.3) is 0 Å². The summed E-state index contributed by atoms with van der Waals surface area (Å²) < 4.78 is 11.9. The van der Waals surface area contributed by atoms with E-state index in [2.05, 4.69) is 36.3 Å². The minimum atomic E-state index is -0.299. The van der Waals surface area contributed by atoms with Crippen LogP contribution in [0.4, 0.5) is 5.69 Å². The maximum Gasteiger partial charge on any atom is 0.227 e. The van der Waals surface area contributed by atoms with Gasteiger partial charge >= 0.3 is 0 Å². The maximum absolute atomic E-state index is 13.4. The van der Waals surface area contributed by atoms with Crippen molar-refractivity contribution in [2.24, 2.45) is 11.8 Å². The molecule has 0 aromatic heterocycles. The van der Waals surface area contributed by atoms with Gasteiger partial charge in [0.2, 0.25) is 11.8 Å². The molecule has 1 fully saturated rings. The predicted molar refractivity (Wildman–Crippen MR) is 143 cm³/mol. The fourth-order valence-electron chi connectivity index (χ4n) is 4.73. The molecule has 0 spiro atoms. The van der Waals surface area contributed by atoms with Crippen molar-refractivity contribution in [2.45, 2.75) is 51.8 Å². The van der Waals surface area contributed by atoms with Crippen molar-refractivity contribution in [3.63, 3.8) is 0 Å². The van der Waals surface area contributed by atoms with E-state index in [1.54, 1.807) is 12.0 Å². The summed E-state index contributed by atoms with van der Waals surface area (Å²) in [5, 5.41) is 12.8. The van der Waals surface area contributed by atoms with Gasteiger partial charge in [-0.15, -0.1) is 0 Å². The van der Waals surface area contributed by atoms with Crippen LogP contribution in [0.1, 0.15) is 37.8 Å². The van der Waals surface area contributed by atoms with Crippen LogP contribution in [0.3, 0.4) is 0 Å². The van der Waals surface area contributed by atoms with Gasteiger partial charge < -0.3 is 24.8 Å². The zero-order valence-electron chi connectivity index (χ0n) is 22.3.